The summed E-state index contributed by atoms with van der Waals surface area (Å²) in [6.45, 7) is 15.0. The van der Waals surface area contributed by atoms with Gasteiger partial charge in [0.25, 0.3) is 5.91 Å². The molecule has 2 nitrogen and oxygen atoms in total. The second kappa shape index (κ2) is 3.77. The van der Waals surface area contributed by atoms with Crippen molar-refractivity contribution in [3.05, 3.63) is 20.9 Å². The number of fused-ring (bicyclic) bond motifs is 1. The van der Waals surface area contributed by atoms with E-state index in [1.165, 1.54) is 9.75 Å². The molecule has 0 unspecified atom stereocenters. The van der Waals surface area contributed by atoms with E-state index in [0.717, 1.165) is 16.8 Å². The number of hydrogen-bond acceptors (Lipinski definition) is 2. The lowest BCUT2D eigenvalue weighted by Crippen LogP contribution is -2.13. The maximum Gasteiger partial charge on any atom is 0.279 e. The first-order chi connectivity index (χ1) is 8.03. The Balaban J connectivity index is 2.79. The third-order valence-electron chi connectivity index (χ3n) is 3.12. The molecule has 98 valence electrons. The molecule has 1 aromatic rings. The van der Waals surface area contributed by atoms with Gasteiger partial charge in [0.15, 0.2) is 0 Å². The second-order valence-electron chi connectivity index (χ2n) is 7.01. The molecular weight excluding hydrogens is 242 g/mol. The van der Waals surface area contributed by atoms with Crippen molar-refractivity contribution in [2.24, 2.45) is 4.99 Å². The molecule has 18 heavy (non-hydrogen) atoms. The van der Waals surface area contributed by atoms with E-state index in [2.05, 4.69) is 46.5 Å². The Labute approximate surface area is 113 Å². The molecular formula is C15H21NOS. The molecule has 0 spiro atoms. The fourth-order valence-corrected chi connectivity index (χ4v) is 3.76. The van der Waals surface area contributed by atoms with Crippen LogP contribution in [0.25, 0.3) is 0 Å². The third-order valence-corrected chi connectivity index (χ3v) is 5.16. The summed E-state index contributed by atoms with van der Waals surface area (Å²) in [4.78, 5) is 18.7. The molecule has 0 atom stereocenters. The Bertz CT molecular complexity index is 550. The van der Waals surface area contributed by atoms with Crippen LogP contribution < -0.4 is 0 Å². The first-order valence-electron chi connectivity index (χ1n) is 6.31. The van der Waals surface area contributed by atoms with E-state index in [9.17, 15) is 4.79 Å². The number of carbonyl (C=O) groups is 1. The molecule has 1 amide bonds. The van der Waals surface area contributed by atoms with E-state index < -0.39 is 0 Å². The number of rotatable bonds is 0. The number of carbonyl (C=O) groups excluding carboxylic acids is 1. The Morgan fingerprint density at radius 1 is 0.889 bits per heavy atom. The molecule has 0 saturated heterocycles. The van der Waals surface area contributed by atoms with Crippen LogP contribution in [0.2, 0.25) is 0 Å². The van der Waals surface area contributed by atoms with Gasteiger partial charge in [-0.15, -0.1) is 11.3 Å². The van der Waals surface area contributed by atoms with Gasteiger partial charge in [-0.25, -0.2) is 4.99 Å². The van der Waals surface area contributed by atoms with Crippen LogP contribution in [0.3, 0.4) is 0 Å². The first-order valence-corrected chi connectivity index (χ1v) is 7.13. The summed E-state index contributed by atoms with van der Waals surface area (Å²) in [6.07, 6.45) is 0. The van der Waals surface area contributed by atoms with Gasteiger partial charge in [0.2, 0.25) is 0 Å². The number of amides is 1. The van der Waals surface area contributed by atoms with E-state index in [4.69, 9.17) is 0 Å². The van der Waals surface area contributed by atoms with Crippen LogP contribution in [0.5, 0.6) is 0 Å². The van der Waals surface area contributed by atoms with E-state index >= 15 is 0 Å². The normalized spacial score (nSPS) is 15.9. The lowest BCUT2D eigenvalue weighted by molar-refractivity contribution is 0.100. The molecule has 0 N–H and O–H groups in total. The Hall–Kier alpha value is -0.960. The van der Waals surface area contributed by atoms with Crippen molar-refractivity contribution in [2.45, 2.75) is 59.3 Å². The monoisotopic (exact) mass is 263 g/mol. The minimum absolute atomic E-state index is 0.00590. The highest BCUT2D eigenvalue weighted by atomic mass is 32.1. The zero-order valence-electron chi connectivity index (χ0n) is 12.3. The van der Waals surface area contributed by atoms with Crippen LogP contribution in [0.4, 0.5) is 0 Å². The predicted molar refractivity (Wildman–Crippen MR) is 78.3 cm³/mol. The Morgan fingerprint density at radius 3 is 1.78 bits per heavy atom. The predicted octanol–water partition coefficient (Wildman–Crippen LogP) is 4.31. The summed E-state index contributed by atoms with van der Waals surface area (Å²) in [5.74, 6) is -0.0563. The van der Waals surface area contributed by atoms with Crippen molar-refractivity contribution in [1.29, 1.82) is 0 Å². The summed E-state index contributed by atoms with van der Waals surface area (Å²) >= 11 is 1.78. The van der Waals surface area contributed by atoms with Crippen molar-refractivity contribution >= 4 is 23.0 Å². The minimum Gasteiger partial charge on any atom is -0.267 e. The Morgan fingerprint density at radius 2 is 1.33 bits per heavy atom. The maximum atomic E-state index is 12.1. The van der Waals surface area contributed by atoms with E-state index in [0.29, 0.717) is 0 Å². The van der Waals surface area contributed by atoms with Crippen molar-refractivity contribution in [3.8, 4) is 0 Å². The van der Waals surface area contributed by atoms with E-state index in [-0.39, 0.29) is 16.7 Å². The van der Waals surface area contributed by atoms with Gasteiger partial charge in [0, 0.05) is 15.3 Å². The topological polar surface area (TPSA) is 29.4 Å². The molecule has 1 aromatic heterocycles. The molecule has 0 radical (unpaired) electrons. The smallest absolute Gasteiger partial charge is 0.267 e. The number of nitrogens with zero attached hydrogens (tertiary/aromatic N) is 1. The Kier molecular flexibility index (Phi) is 2.82. The zero-order chi connectivity index (χ0) is 13.9. The maximum absolute atomic E-state index is 12.1. The van der Waals surface area contributed by atoms with Gasteiger partial charge in [-0.3, -0.25) is 4.79 Å². The standard InChI is InChI=1S/C15H21NOS/c1-8-9-10(13(17)16-8)12(15(5,6)7)18-11(9)14(2,3)4/h1-7H3. The molecule has 0 aromatic carbocycles. The molecule has 2 rings (SSSR count). The average Bonchev–Trinajstić information content (AvgIpc) is 2.64. The molecule has 0 aliphatic carbocycles. The van der Waals surface area contributed by atoms with Crippen molar-refractivity contribution in [3.63, 3.8) is 0 Å². The SMILES string of the molecule is CC1=NC(=O)c2c(C(C)(C)C)sc(C(C)(C)C)c21. The van der Waals surface area contributed by atoms with Crippen LogP contribution in [-0.2, 0) is 10.8 Å². The zero-order valence-corrected chi connectivity index (χ0v) is 13.1. The van der Waals surface area contributed by atoms with Gasteiger partial charge in [-0.2, -0.15) is 0 Å². The van der Waals surface area contributed by atoms with Crippen molar-refractivity contribution in [2.75, 3.05) is 0 Å². The van der Waals surface area contributed by atoms with Gasteiger partial charge in [-0.05, 0) is 17.8 Å². The van der Waals surface area contributed by atoms with Crippen LogP contribution in [0.15, 0.2) is 4.99 Å². The van der Waals surface area contributed by atoms with Gasteiger partial charge >= 0.3 is 0 Å². The highest BCUT2D eigenvalue weighted by Gasteiger charge is 2.37. The second-order valence-corrected chi connectivity index (χ2v) is 8.03. The molecule has 1 aliphatic rings. The van der Waals surface area contributed by atoms with Gasteiger partial charge < -0.3 is 0 Å². The molecule has 0 saturated carbocycles. The lowest BCUT2D eigenvalue weighted by atomic mass is 9.86. The summed E-state index contributed by atoms with van der Waals surface area (Å²) in [5, 5.41) is 0. The summed E-state index contributed by atoms with van der Waals surface area (Å²) < 4.78 is 0. The molecule has 0 fully saturated rings. The fourth-order valence-electron chi connectivity index (χ4n) is 2.30. The van der Waals surface area contributed by atoms with Gasteiger partial charge in [-0.1, -0.05) is 41.5 Å². The van der Waals surface area contributed by atoms with Gasteiger partial charge in [0.05, 0.1) is 11.3 Å². The van der Waals surface area contributed by atoms with Crippen LogP contribution >= 0.6 is 11.3 Å². The molecule has 3 heteroatoms. The largest absolute Gasteiger partial charge is 0.279 e. The summed E-state index contributed by atoms with van der Waals surface area (Å²) in [7, 11) is 0. The minimum atomic E-state index is -0.0563. The van der Waals surface area contributed by atoms with E-state index in [1.807, 2.05) is 6.92 Å². The highest BCUT2D eigenvalue weighted by Crippen LogP contribution is 2.44. The molecule has 0 bridgehead atoms. The summed E-state index contributed by atoms with van der Waals surface area (Å²) in [5.41, 5.74) is 2.89. The van der Waals surface area contributed by atoms with Crippen LogP contribution in [-0.4, -0.2) is 11.6 Å². The number of thiophene rings is 1. The summed E-state index contributed by atoms with van der Waals surface area (Å²) in [6, 6.07) is 0. The number of aliphatic imine (C=N–C) groups is 1. The lowest BCUT2D eigenvalue weighted by Gasteiger charge is -2.19. The van der Waals surface area contributed by atoms with Crippen LogP contribution in [0.1, 0.15) is 74.1 Å². The van der Waals surface area contributed by atoms with Gasteiger partial charge in [0.1, 0.15) is 0 Å². The quantitative estimate of drug-likeness (QED) is 0.686. The molecule has 1 aliphatic heterocycles. The molecule has 2 heterocycles. The average molecular weight is 263 g/mol. The van der Waals surface area contributed by atoms with Crippen molar-refractivity contribution < 1.29 is 4.79 Å². The van der Waals surface area contributed by atoms with Crippen molar-refractivity contribution in [1.82, 2.24) is 0 Å². The fraction of sp³-hybridized carbons (Fsp3) is 0.600. The third kappa shape index (κ3) is 1.95. The van der Waals surface area contributed by atoms with E-state index in [1.54, 1.807) is 11.3 Å². The number of hydrogen-bond donors (Lipinski definition) is 0. The first kappa shape index (κ1) is 13.5. The van der Waals surface area contributed by atoms with Crippen LogP contribution in [0, 0.1) is 0 Å². The highest BCUT2D eigenvalue weighted by molar-refractivity contribution is 7.13.